The van der Waals surface area contributed by atoms with Crippen LogP contribution in [0.25, 0.3) is 0 Å². The Morgan fingerprint density at radius 2 is 0.982 bits per heavy atom. The molecule has 0 bridgehead atoms. The predicted octanol–water partition coefficient (Wildman–Crippen LogP) is 7.53. The minimum absolute atomic E-state index is 0.0342. The number of rotatable bonds is 17. The van der Waals surface area contributed by atoms with Gasteiger partial charge in [-0.15, -0.1) is 0 Å². The topological polar surface area (TPSA) is 102 Å². The summed E-state index contributed by atoms with van der Waals surface area (Å²) in [7, 11) is -8.39. The van der Waals surface area contributed by atoms with Crippen molar-refractivity contribution in [2.45, 2.75) is 87.6 Å². The second-order valence-corrected chi connectivity index (χ2v) is 18.0. The lowest BCUT2D eigenvalue weighted by molar-refractivity contribution is -0.0868. The van der Waals surface area contributed by atoms with Crippen molar-refractivity contribution in [2.75, 3.05) is 13.2 Å². The highest BCUT2D eigenvalue weighted by atomic mass is 32.2. The third kappa shape index (κ3) is 9.79. The molecular formula is C44H50N2O7S2. The number of sulfonamides is 2. The van der Waals surface area contributed by atoms with Gasteiger partial charge in [0, 0.05) is 12.6 Å². The van der Waals surface area contributed by atoms with Crippen molar-refractivity contribution < 1.29 is 31.0 Å². The van der Waals surface area contributed by atoms with Gasteiger partial charge in [0.1, 0.15) is 12.2 Å². The highest BCUT2D eigenvalue weighted by Gasteiger charge is 2.56. The molecule has 11 heteroatoms. The van der Waals surface area contributed by atoms with Gasteiger partial charge < -0.3 is 14.2 Å². The van der Waals surface area contributed by atoms with Crippen LogP contribution in [-0.4, -0.2) is 68.9 Å². The molecule has 9 nitrogen and oxygen atoms in total. The second-order valence-electron chi connectivity index (χ2n) is 14.3. The summed E-state index contributed by atoms with van der Waals surface area (Å²) in [6.45, 7) is 7.71. The van der Waals surface area contributed by atoms with Gasteiger partial charge >= 0.3 is 0 Å². The van der Waals surface area contributed by atoms with Crippen molar-refractivity contribution >= 4 is 20.0 Å². The van der Waals surface area contributed by atoms with Crippen molar-refractivity contribution in [3.8, 4) is 0 Å². The summed E-state index contributed by atoms with van der Waals surface area (Å²) in [5, 5.41) is 0. The van der Waals surface area contributed by atoms with Gasteiger partial charge in [0.25, 0.3) is 0 Å². The highest BCUT2D eigenvalue weighted by Crippen LogP contribution is 2.38. The Bertz CT molecular complexity index is 2170. The number of benzene rings is 5. The van der Waals surface area contributed by atoms with Crippen LogP contribution in [0.4, 0.5) is 0 Å². The maximum Gasteiger partial charge on any atom is 0.243 e. The minimum atomic E-state index is -4.30. The van der Waals surface area contributed by atoms with Gasteiger partial charge in [-0.3, -0.25) is 0 Å². The number of aryl methyl sites for hydroxylation is 2. The third-order valence-electron chi connectivity index (χ3n) is 9.87. The molecule has 1 aliphatic heterocycles. The summed E-state index contributed by atoms with van der Waals surface area (Å²) in [5.41, 5.74) is 4.54. The molecule has 4 atom stereocenters. The van der Waals surface area contributed by atoms with E-state index in [1.54, 1.807) is 62.4 Å². The molecule has 0 amide bonds. The van der Waals surface area contributed by atoms with Crippen LogP contribution in [0.15, 0.2) is 149 Å². The van der Waals surface area contributed by atoms with E-state index in [1.807, 2.05) is 105 Å². The van der Waals surface area contributed by atoms with E-state index in [-0.39, 0.29) is 42.8 Å². The van der Waals surface area contributed by atoms with Crippen LogP contribution in [0.5, 0.6) is 0 Å². The van der Waals surface area contributed by atoms with Crippen molar-refractivity contribution in [3.63, 3.8) is 0 Å². The normalized spacial score (nSPS) is 19.3. The molecule has 1 fully saturated rings. The summed E-state index contributed by atoms with van der Waals surface area (Å²) in [5.74, 6) is 0. The van der Waals surface area contributed by atoms with E-state index in [2.05, 4.69) is 0 Å². The molecule has 1 heterocycles. The van der Waals surface area contributed by atoms with Gasteiger partial charge in [0.2, 0.25) is 20.0 Å². The van der Waals surface area contributed by atoms with Crippen LogP contribution in [-0.2, 0) is 54.1 Å². The van der Waals surface area contributed by atoms with Crippen LogP contribution >= 0.6 is 0 Å². The number of hydrogen-bond acceptors (Lipinski definition) is 7. The van der Waals surface area contributed by atoms with E-state index in [0.29, 0.717) is 0 Å². The molecule has 290 valence electrons. The molecule has 0 aromatic heterocycles. The maximum atomic E-state index is 15.1. The molecule has 55 heavy (non-hydrogen) atoms. The van der Waals surface area contributed by atoms with E-state index in [9.17, 15) is 8.42 Å². The SMILES string of the molecule is Cc1ccc(S(=O)(=O)N(C[C@H]2[C@@H](OCc3ccccc3)[C@H](OCc3ccccc3)[C@H](COCc3ccccc3)N2S(=O)(=O)c2ccc(C)cc2)C(C)C)cc1. The molecule has 5 aromatic carbocycles. The summed E-state index contributed by atoms with van der Waals surface area (Å²) >= 11 is 0. The molecule has 0 saturated carbocycles. The molecule has 1 aliphatic rings. The van der Waals surface area contributed by atoms with Crippen LogP contribution in [0.1, 0.15) is 41.7 Å². The first-order valence-electron chi connectivity index (χ1n) is 18.6. The second kappa shape index (κ2) is 18.2. The fraction of sp³-hybridized carbons (Fsp3) is 0.318. The van der Waals surface area contributed by atoms with Gasteiger partial charge in [-0.05, 0) is 68.7 Å². The zero-order chi connectivity index (χ0) is 39.0. The smallest absolute Gasteiger partial charge is 0.243 e. The lowest BCUT2D eigenvalue weighted by Gasteiger charge is -2.35. The Hall–Kier alpha value is -4.20. The first-order valence-corrected chi connectivity index (χ1v) is 21.4. The summed E-state index contributed by atoms with van der Waals surface area (Å²) in [4.78, 5) is 0.207. The molecule has 0 unspecified atom stereocenters. The third-order valence-corrected chi connectivity index (χ3v) is 13.9. The Morgan fingerprint density at radius 3 is 1.44 bits per heavy atom. The van der Waals surface area contributed by atoms with Crippen molar-refractivity contribution in [3.05, 3.63) is 167 Å². The number of ether oxygens (including phenoxy) is 3. The van der Waals surface area contributed by atoms with Crippen molar-refractivity contribution in [1.29, 1.82) is 0 Å². The first kappa shape index (κ1) is 40.5. The van der Waals surface area contributed by atoms with Crippen LogP contribution in [0.3, 0.4) is 0 Å². The minimum Gasteiger partial charge on any atom is -0.375 e. The van der Waals surface area contributed by atoms with Gasteiger partial charge in [0.05, 0.1) is 48.3 Å². The summed E-state index contributed by atoms with van der Waals surface area (Å²) < 4.78 is 81.9. The molecule has 0 aliphatic carbocycles. The average molecular weight is 783 g/mol. The largest absolute Gasteiger partial charge is 0.375 e. The summed E-state index contributed by atoms with van der Waals surface area (Å²) in [6, 6.07) is 39.9. The number of nitrogens with zero attached hydrogens (tertiary/aromatic N) is 2. The molecule has 0 N–H and O–H groups in total. The van der Waals surface area contributed by atoms with E-state index < -0.39 is 50.4 Å². The van der Waals surface area contributed by atoms with Crippen LogP contribution < -0.4 is 0 Å². The fourth-order valence-electron chi connectivity index (χ4n) is 6.95. The van der Waals surface area contributed by atoms with Gasteiger partial charge in [-0.2, -0.15) is 8.61 Å². The summed E-state index contributed by atoms with van der Waals surface area (Å²) in [6.07, 6.45) is -1.75. The van der Waals surface area contributed by atoms with Crippen molar-refractivity contribution in [2.24, 2.45) is 0 Å². The molecule has 0 radical (unpaired) electrons. The lowest BCUT2D eigenvalue weighted by Crippen LogP contribution is -2.53. The zero-order valence-electron chi connectivity index (χ0n) is 31.8. The highest BCUT2D eigenvalue weighted by molar-refractivity contribution is 7.89. The van der Waals surface area contributed by atoms with Crippen molar-refractivity contribution in [1.82, 2.24) is 8.61 Å². The quantitative estimate of drug-likeness (QED) is 0.0962. The Kier molecular flexibility index (Phi) is 13.4. The molecular weight excluding hydrogens is 733 g/mol. The van der Waals surface area contributed by atoms with Crippen LogP contribution in [0, 0.1) is 13.8 Å². The standard InChI is InChI=1S/C44H50N2O7S2/c1-33(2)45(54(47,48)39-24-20-34(3)21-25-39)28-41-43(52-30-37-16-10-6-11-17-37)44(53-31-38-18-12-7-13-19-38)42(32-51-29-36-14-8-5-9-15-36)46(41)55(49,50)40-26-22-35(4)23-27-40/h5-27,33,41-44H,28-32H2,1-4H3/t41-,42-,43+,44+/m0/s1. The maximum absolute atomic E-state index is 15.1. The Labute approximate surface area is 326 Å². The molecule has 0 spiro atoms. The van der Waals surface area contributed by atoms with Gasteiger partial charge in [-0.25, -0.2) is 16.8 Å². The lowest BCUT2D eigenvalue weighted by atomic mass is 10.1. The average Bonchev–Trinajstić information content (AvgIpc) is 3.48. The van der Waals surface area contributed by atoms with E-state index in [1.165, 1.54) is 8.61 Å². The molecule has 6 rings (SSSR count). The first-order chi connectivity index (χ1) is 26.4. The number of hydrogen-bond donors (Lipinski definition) is 0. The van der Waals surface area contributed by atoms with E-state index in [4.69, 9.17) is 14.2 Å². The van der Waals surface area contributed by atoms with E-state index >= 15 is 8.42 Å². The predicted molar refractivity (Wildman–Crippen MR) is 214 cm³/mol. The zero-order valence-corrected chi connectivity index (χ0v) is 33.4. The Morgan fingerprint density at radius 1 is 0.564 bits per heavy atom. The van der Waals surface area contributed by atoms with E-state index in [0.717, 1.165) is 27.8 Å². The molecule has 1 saturated heterocycles. The van der Waals surface area contributed by atoms with Crippen LogP contribution in [0.2, 0.25) is 0 Å². The van der Waals surface area contributed by atoms with Gasteiger partial charge in [-0.1, -0.05) is 126 Å². The fourth-order valence-corrected chi connectivity index (χ4v) is 10.4. The monoisotopic (exact) mass is 782 g/mol. The Balaban J connectivity index is 1.48. The molecule has 5 aromatic rings. The van der Waals surface area contributed by atoms with Gasteiger partial charge in [0.15, 0.2) is 0 Å².